The molecule has 1 saturated heterocycles. The zero-order chi connectivity index (χ0) is 14.7. The van der Waals surface area contributed by atoms with Gasteiger partial charge in [0.05, 0.1) is 16.8 Å². The number of hydrogen-bond donors (Lipinski definition) is 2. The molecule has 2 rings (SSSR count). The minimum atomic E-state index is -0.188. The van der Waals surface area contributed by atoms with Crippen LogP contribution in [0.25, 0.3) is 0 Å². The SMILES string of the molecule is CC(C(=O)Nc1ccc(N)cc1Cl)N(C)C1CCSC1. The average Bonchev–Trinajstić information content (AvgIpc) is 2.94. The quantitative estimate of drug-likeness (QED) is 0.839. The van der Waals surface area contributed by atoms with E-state index in [1.165, 1.54) is 5.75 Å². The minimum Gasteiger partial charge on any atom is -0.399 e. The van der Waals surface area contributed by atoms with Gasteiger partial charge in [-0.2, -0.15) is 11.8 Å². The molecule has 1 heterocycles. The first-order chi connectivity index (χ1) is 9.49. The van der Waals surface area contributed by atoms with E-state index in [4.69, 9.17) is 17.3 Å². The first kappa shape index (κ1) is 15.5. The Labute approximate surface area is 129 Å². The van der Waals surface area contributed by atoms with E-state index in [-0.39, 0.29) is 11.9 Å². The van der Waals surface area contributed by atoms with Crippen LogP contribution in [-0.2, 0) is 4.79 Å². The number of halogens is 1. The molecule has 4 nitrogen and oxygen atoms in total. The van der Waals surface area contributed by atoms with Crippen molar-refractivity contribution in [2.24, 2.45) is 0 Å². The summed E-state index contributed by atoms with van der Waals surface area (Å²) in [4.78, 5) is 14.4. The van der Waals surface area contributed by atoms with E-state index < -0.39 is 0 Å². The number of benzene rings is 1. The topological polar surface area (TPSA) is 58.4 Å². The summed E-state index contributed by atoms with van der Waals surface area (Å²) in [6, 6.07) is 5.38. The molecular formula is C14H20ClN3OS. The maximum atomic E-state index is 12.3. The van der Waals surface area contributed by atoms with Gasteiger partial charge in [-0.3, -0.25) is 9.69 Å². The zero-order valence-electron chi connectivity index (χ0n) is 11.7. The van der Waals surface area contributed by atoms with Gasteiger partial charge in [-0.25, -0.2) is 0 Å². The van der Waals surface area contributed by atoms with Gasteiger partial charge in [0.2, 0.25) is 5.91 Å². The second kappa shape index (κ2) is 6.70. The summed E-state index contributed by atoms with van der Waals surface area (Å²) in [5.41, 5.74) is 6.83. The number of carbonyl (C=O) groups is 1. The average molecular weight is 314 g/mol. The van der Waals surface area contributed by atoms with E-state index >= 15 is 0 Å². The van der Waals surface area contributed by atoms with E-state index in [9.17, 15) is 4.79 Å². The third-order valence-corrected chi connectivity index (χ3v) is 5.18. The molecule has 2 unspecified atom stereocenters. The monoisotopic (exact) mass is 313 g/mol. The van der Waals surface area contributed by atoms with Crippen molar-refractivity contribution in [3.05, 3.63) is 23.2 Å². The van der Waals surface area contributed by atoms with E-state index in [0.717, 1.165) is 12.2 Å². The van der Waals surface area contributed by atoms with Crippen LogP contribution in [0.1, 0.15) is 13.3 Å². The summed E-state index contributed by atoms with van der Waals surface area (Å²) < 4.78 is 0. The smallest absolute Gasteiger partial charge is 0.241 e. The van der Waals surface area contributed by atoms with Crippen molar-refractivity contribution in [3.8, 4) is 0 Å². The highest BCUT2D eigenvalue weighted by atomic mass is 35.5. The Morgan fingerprint density at radius 1 is 1.60 bits per heavy atom. The Balaban J connectivity index is 1.99. The minimum absolute atomic E-state index is 0.0453. The highest BCUT2D eigenvalue weighted by Crippen LogP contribution is 2.26. The van der Waals surface area contributed by atoms with E-state index in [2.05, 4.69) is 10.2 Å². The fraction of sp³-hybridized carbons (Fsp3) is 0.500. The largest absolute Gasteiger partial charge is 0.399 e. The molecule has 6 heteroatoms. The molecule has 0 spiro atoms. The van der Waals surface area contributed by atoms with Crippen molar-refractivity contribution < 1.29 is 4.79 Å². The van der Waals surface area contributed by atoms with Crippen LogP contribution >= 0.6 is 23.4 Å². The van der Waals surface area contributed by atoms with Crippen LogP contribution in [0.5, 0.6) is 0 Å². The molecule has 0 bridgehead atoms. The second-order valence-electron chi connectivity index (χ2n) is 5.09. The number of amides is 1. The molecule has 1 amide bonds. The number of nitrogens with zero attached hydrogens (tertiary/aromatic N) is 1. The van der Waals surface area contributed by atoms with Crippen molar-refractivity contribution in [1.29, 1.82) is 0 Å². The molecule has 1 fully saturated rings. The van der Waals surface area contributed by atoms with Gasteiger partial charge in [-0.1, -0.05) is 11.6 Å². The number of thioether (sulfide) groups is 1. The van der Waals surface area contributed by atoms with Crippen molar-refractivity contribution in [2.45, 2.75) is 25.4 Å². The zero-order valence-corrected chi connectivity index (χ0v) is 13.3. The Hall–Kier alpha value is -0.910. The maximum Gasteiger partial charge on any atom is 0.241 e. The predicted octanol–water partition coefficient (Wildman–Crippen LogP) is 2.69. The van der Waals surface area contributed by atoms with Gasteiger partial charge in [0.25, 0.3) is 0 Å². The summed E-state index contributed by atoms with van der Waals surface area (Å²) >= 11 is 8.01. The van der Waals surface area contributed by atoms with E-state index in [0.29, 0.717) is 22.4 Å². The molecule has 1 aliphatic heterocycles. The second-order valence-corrected chi connectivity index (χ2v) is 6.64. The van der Waals surface area contributed by atoms with Crippen LogP contribution in [0, 0.1) is 0 Å². The summed E-state index contributed by atoms with van der Waals surface area (Å²) in [5.74, 6) is 2.22. The van der Waals surface area contributed by atoms with Gasteiger partial charge in [-0.05, 0) is 44.3 Å². The highest BCUT2D eigenvalue weighted by Gasteiger charge is 2.27. The van der Waals surface area contributed by atoms with Gasteiger partial charge in [0.15, 0.2) is 0 Å². The number of nitrogens with one attached hydrogen (secondary N) is 1. The molecule has 110 valence electrons. The van der Waals surface area contributed by atoms with Crippen molar-refractivity contribution in [3.63, 3.8) is 0 Å². The fourth-order valence-corrected chi connectivity index (χ4v) is 3.73. The molecule has 1 aromatic carbocycles. The number of hydrogen-bond acceptors (Lipinski definition) is 4. The number of nitrogen functional groups attached to an aromatic ring is 1. The van der Waals surface area contributed by atoms with Crippen LogP contribution in [0.3, 0.4) is 0 Å². The van der Waals surface area contributed by atoms with Crippen LogP contribution in [-0.4, -0.2) is 41.4 Å². The van der Waals surface area contributed by atoms with Crippen LogP contribution in [0.15, 0.2) is 18.2 Å². The Kier molecular flexibility index (Phi) is 5.18. The van der Waals surface area contributed by atoms with E-state index in [1.54, 1.807) is 18.2 Å². The molecule has 20 heavy (non-hydrogen) atoms. The van der Waals surface area contributed by atoms with Gasteiger partial charge in [-0.15, -0.1) is 0 Å². The summed E-state index contributed by atoms with van der Waals surface area (Å²) in [6.07, 6.45) is 1.14. The lowest BCUT2D eigenvalue weighted by atomic mass is 10.1. The lowest BCUT2D eigenvalue weighted by Gasteiger charge is -2.29. The molecule has 1 aromatic rings. The first-order valence-electron chi connectivity index (χ1n) is 6.64. The third-order valence-electron chi connectivity index (χ3n) is 3.72. The summed E-state index contributed by atoms with van der Waals surface area (Å²) in [5, 5.41) is 3.33. The number of carbonyl (C=O) groups excluding carboxylic acids is 1. The van der Waals surface area contributed by atoms with Gasteiger partial charge in [0, 0.05) is 17.5 Å². The van der Waals surface area contributed by atoms with Crippen molar-refractivity contribution in [1.82, 2.24) is 4.90 Å². The molecule has 0 saturated carbocycles. The lowest BCUT2D eigenvalue weighted by molar-refractivity contribution is -0.120. The lowest BCUT2D eigenvalue weighted by Crippen LogP contribution is -2.45. The van der Waals surface area contributed by atoms with Crippen molar-refractivity contribution >= 4 is 40.6 Å². The first-order valence-corrected chi connectivity index (χ1v) is 8.18. The van der Waals surface area contributed by atoms with Crippen molar-refractivity contribution in [2.75, 3.05) is 29.6 Å². The standard InChI is InChI=1S/C14H20ClN3OS/c1-9(18(2)11-5-6-20-8-11)14(19)17-13-4-3-10(16)7-12(13)15/h3-4,7,9,11H,5-6,8,16H2,1-2H3,(H,17,19). The normalized spacial score (nSPS) is 20.1. The van der Waals surface area contributed by atoms with Crippen LogP contribution in [0.4, 0.5) is 11.4 Å². The number of likely N-dealkylation sites (N-methyl/N-ethyl adjacent to an activating group) is 1. The predicted molar refractivity (Wildman–Crippen MR) is 87.4 cm³/mol. The van der Waals surface area contributed by atoms with Gasteiger partial charge >= 0.3 is 0 Å². The summed E-state index contributed by atoms with van der Waals surface area (Å²) in [7, 11) is 2.01. The Bertz CT molecular complexity index is 491. The fourth-order valence-electron chi connectivity index (χ4n) is 2.21. The Morgan fingerprint density at radius 3 is 2.95 bits per heavy atom. The van der Waals surface area contributed by atoms with Crippen LogP contribution < -0.4 is 11.1 Å². The molecular weight excluding hydrogens is 294 g/mol. The molecule has 0 aromatic heterocycles. The Morgan fingerprint density at radius 2 is 2.35 bits per heavy atom. The maximum absolute atomic E-state index is 12.3. The van der Waals surface area contributed by atoms with Gasteiger partial charge < -0.3 is 11.1 Å². The van der Waals surface area contributed by atoms with E-state index in [1.807, 2.05) is 25.7 Å². The molecule has 2 atom stereocenters. The van der Waals surface area contributed by atoms with Crippen LogP contribution in [0.2, 0.25) is 5.02 Å². The third kappa shape index (κ3) is 3.59. The number of rotatable bonds is 4. The highest BCUT2D eigenvalue weighted by molar-refractivity contribution is 7.99. The number of nitrogens with two attached hydrogens (primary N) is 1. The molecule has 0 radical (unpaired) electrons. The molecule has 3 N–H and O–H groups in total. The molecule has 1 aliphatic rings. The number of anilines is 2. The summed E-state index contributed by atoms with van der Waals surface area (Å²) in [6.45, 7) is 1.92. The molecule has 0 aliphatic carbocycles. The van der Waals surface area contributed by atoms with Gasteiger partial charge in [0.1, 0.15) is 0 Å².